The Hall–Kier alpha value is -1.92. The van der Waals surface area contributed by atoms with Crippen LogP contribution in [0.3, 0.4) is 0 Å². The highest BCUT2D eigenvalue weighted by Crippen LogP contribution is 2.23. The second kappa shape index (κ2) is 8.80. The van der Waals surface area contributed by atoms with E-state index in [0.29, 0.717) is 30.4 Å². The number of amides is 1. The minimum absolute atomic E-state index is 0.118. The molecule has 6 heteroatoms. The van der Waals surface area contributed by atoms with Crippen LogP contribution in [0.2, 0.25) is 0 Å². The van der Waals surface area contributed by atoms with Crippen molar-refractivity contribution in [2.45, 2.75) is 24.7 Å². The van der Waals surface area contributed by atoms with Gasteiger partial charge >= 0.3 is 0 Å². The highest BCUT2D eigenvalue weighted by atomic mass is 32.2. The lowest BCUT2D eigenvalue weighted by Crippen LogP contribution is -2.41. The Labute approximate surface area is 144 Å². The maximum atomic E-state index is 12.5. The first-order valence-corrected chi connectivity index (χ1v) is 9.60. The van der Waals surface area contributed by atoms with E-state index in [-0.39, 0.29) is 5.91 Å². The van der Waals surface area contributed by atoms with Crippen molar-refractivity contribution < 1.29 is 13.2 Å². The Morgan fingerprint density at radius 2 is 1.88 bits per heavy atom. The van der Waals surface area contributed by atoms with Gasteiger partial charge in [-0.25, -0.2) is 8.42 Å². The Balaban J connectivity index is 1.82. The summed E-state index contributed by atoms with van der Waals surface area (Å²) in [6.45, 7) is 3.45. The summed E-state index contributed by atoms with van der Waals surface area (Å²) in [7, 11) is -3.40. The standard InChI is InChI=1S/C18H24N2O3S/c1-2-3-5-10-18(21)19-15-16-11-13-20(14-12-16)24(22,23)17-8-6-4-7-9-17/h2-10,16H,11-15H2,1H3,(H,19,21)/b3-2+,10-5+. The van der Waals surface area contributed by atoms with Gasteiger partial charge in [0.2, 0.25) is 15.9 Å². The largest absolute Gasteiger partial charge is 0.352 e. The number of carbonyl (C=O) groups is 1. The zero-order valence-electron chi connectivity index (χ0n) is 13.9. The predicted octanol–water partition coefficient (Wildman–Crippen LogP) is 2.34. The monoisotopic (exact) mass is 348 g/mol. The lowest BCUT2D eigenvalue weighted by atomic mass is 9.98. The first-order valence-electron chi connectivity index (χ1n) is 8.16. The molecule has 0 spiro atoms. The van der Waals surface area contributed by atoms with Crippen LogP contribution in [-0.4, -0.2) is 38.3 Å². The van der Waals surface area contributed by atoms with Gasteiger partial charge in [0.25, 0.3) is 0 Å². The smallest absolute Gasteiger partial charge is 0.243 e. The van der Waals surface area contributed by atoms with Gasteiger partial charge in [-0.2, -0.15) is 4.31 Å². The van der Waals surface area contributed by atoms with E-state index in [1.165, 1.54) is 10.4 Å². The molecule has 0 saturated carbocycles. The summed E-state index contributed by atoms with van der Waals surface area (Å²) in [6.07, 6.45) is 8.36. The van der Waals surface area contributed by atoms with Crippen LogP contribution < -0.4 is 5.32 Å². The molecule has 1 N–H and O–H groups in total. The van der Waals surface area contributed by atoms with E-state index in [0.717, 1.165) is 12.8 Å². The van der Waals surface area contributed by atoms with E-state index in [1.807, 2.05) is 13.0 Å². The number of rotatable bonds is 6. The molecule has 1 fully saturated rings. The van der Waals surface area contributed by atoms with Gasteiger partial charge in [0.05, 0.1) is 4.90 Å². The van der Waals surface area contributed by atoms with Crippen molar-refractivity contribution in [1.29, 1.82) is 0 Å². The minimum Gasteiger partial charge on any atom is -0.352 e. The molecule has 0 radical (unpaired) electrons. The fraction of sp³-hybridized carbons (Fsp3) is 0.389. The van der Waals surface area contributed by atoms with Gasteiger partial charge in [0, 0.05) is 25.7 Å². The van der Waals surface area contributed by atoms with Gasteiger partial charge in [0.1, 0.15) is 0 Å². The van der Waals surface area contributed by atoms with Gasteiger partial charge in [-0.05, 0) is 37.8 Å². The van der Waals surface area contributed by atoms with Crippen molar-refractivity contribution in [2.75, 3.05) is 19.6 Å². The Kier molecular flexibility index (Phi) is 6.75. The number of nitrogens with zero attached hydrogens (tertiary/aromatic N) is 1. The first kappa shape index (κ1) is 18.4. The average Bonchev–Trinajstić information content (AvgIpc) is 2.61. The zero-order chi connectivity index (χ0) is 17.4. The lowest BCUT2D eigenvalue weighted by Gasteiger charge is -2.31. The van der Waals surface area contributed by atoms with Crippen LogP contribution in [0.4, 0.5) is 0 Å². The molecule has 0 bridgehead atoms. The van der Waals surface area contributed by atoms with Crippen LogP contribution in [0.15, 0.2) is 59.5 Å². The molecule has 130 valence electrons. The normalized spacial score (nSPS) is 17.5. The van der Waals surface area contributed by atoms with Gasteiger partial charge < -0.3 is 5.32 Å². The Bertz CT molecular complexity index is 688. The summed E-state index contributed by atoms with van der Waals surface area (Å²) in [4.78, 5) is 12.0. The summed E-state index contributed by atoms with van der Waals surface area (Å²) >= 11 is 0. The second-order valence-electron chi connectivity index (χ2n) is 5.79. The lowest BCUT2D eigenvalue weighted by molar-refractivity contribution is -0.116. The van der Waals surface area contributed by atoms with E-state index in [1.54, 1.807) is 42.5 Å². The fourth-order valence-corrected chi connectivity index (χ4v) is 4.14. The van der Waals surface area contributed by atoms with Crippen LogP contribution in [-0.2, 0) is 14.8 Å². The van der Waals surface area contributed by atoms with E-state index < -0.39 is 10.0 Å². The number of hydrogen-bond donors (Lipinski definition) is 1. The number of benzene rings is 1. The molecule has 1 saturated heterocycles. The van der Waals surface area contributed by atoms with Crippen molar-refractivity contribution in [3.8, 4) is 0 Å². The van der Waals surface area contributed by atoms with Gasteiger partial charge in [0.15, 0.2) is 0 Å². The molecule has 0 unspecified atom stereocenters. The van der Waals surface area contributed by atoms with Crippen LogP contribution in [0.5, 0.6) is 0 Å². The summed E-state index contributed by atoms with van der Waals surface area (Å²) in [5.74, 6) is 0.193. The summed E-state index contributed by atoms with van der Waals surface area (Å²) < 4.78 is 26.6. The minimum atomic E-state index is -3.40. The highest BCUT2D eigenvalue weighted by molar-refractivity contribution is 7.89. The third-order valence-electron chi connectivity index (χ3n) is 4.07. The first-order chi connectivity index (χ1) is 11.5. The molecule has 0 aliphatic carbocycles. The summed E-state index contributed by atoms with van der Waals surface area (Å²) in [5.41, 5.74) is 0. The average molecular weight is 348 g/mol. The van der Waals surface area contributed by atoms with E-state index in [9.17, 15) is 13.2 Å². The van der Waals surface area contributed by atoms with Gasteiger partial charge in [-0.15, -0.1) is 0 Å². The zero-order valence-corrected chi connectivity index (χ0v) is 14.7. The van der Waals surface area contributed by atoms with Crippen LogP contribution in [0.1, 0.15) is 19.8 Å². The molecule has 24 heavy (non-hydrogen) atoms. The van der Waals surface area contributed by atoms with Crippen LogP contribution >= 0.6 is 0 Å². The number of carbonyl (C=O) groups excluding carboxylic acids is 1. The molecular weight excluding hydrogens is 324 g/mol. The van der Waals surface area contributed by atoms with E-state index in [4.69, 9.17) is 0 Å². The Morgan fingerprint density at radius 1 is 1.21 bits per heavy atom. The quantitative estimate of drug-likeness (QED) is 0.634. The third kappa shape index (κ3) is 5.04. The number of piperidine rings is 1. The topological polar surface area (TPSA) is 66.5 Å². The van der Waals surface area contributed by atoms with E-state index in [2.05, 4.69) is 5.32 Å². The molecule has 0 aromatic heterocycles. The maximum absolute atomic E-state index is 12.5. The highest BCUT2D eigenvalue weighted by Gasteiger charge is 2.29. The molecule has 0 atom stereocenters. The van der Waals surface area contributed by atoms with Crippen molar-refractivity contribution in [2.24, 2.45) is 5.92 Å². The predicted molar refractivity (Wildman–Crippen MR) is 94.9 cm³/mol. The Morgan fingerprint density at radius 3 is 2.50 bits per heavy atom. The number of allylic oxidation sites excluding steroid dienone is 3. The fourth-order valence-electron chi connectivity index (χ4n) is 2.65. The van der Waals surface area contributed by atoms with Crippen LogP contribution in [0, 0.1) is 5.92 Å². The molecule has 5 nitrogen and oxygen atoms in total. The number of hydrogen-bond acceptors (Lipinski definition) is 3. The van der Waals surface area contributed by atoms with Crippen molar-refractivity contribution in [1.82, 2.24) is 9.62 Å². The van der Waals surface area contributed by atoms with E-state index >= 15 is 0 Å². The molecule has 1 aliphatic rings. The van der Waals surface area contributed by atoms with Crippen molar-refractivity contribution >= 4 is 15.9 Å². The SMILES string of the molecule is C/C=C/C=C/C(=O)NCC1CCN(S(=O)(=O)c2ccccc2)CC1. The van der Waals surface area contributed by atoms with Crippen molar-refractivity contribution in [3.63, 3.8) is 0 Å². The van der Waals surface area contributed by atoms with Gasteiger partial charge in [-0.3, -0.25) is 4.79 Å². The third-order valence-corrected chi connectivity index (χ3v) is 5.98. The molecule has 1 aliphatic heterocycles. The second-order valence-corrected chi connectivity index (χ2v) is 7.73. The summed E-state index contributed by atoms with van der Waals surface area (Å²) in [6, 6.07) is 8.52. The van der Waals surface area contributed by atoms with Gasteiger partial charge in [-0.1, -0.05) is 36.4 Å². The molecule has 2 rings (SSSR count). The molecule has 1 heterocycles. The number of sulfonamides is 1. The van der Waals surface area contributed by atoms with Crippen molar-refractivity contribution in [3.05, 3.63) is 54.6 Å². The molecular formula is C18H24N2O3S. The number of nitrogens with one attached hydrogen (secondary N) is 1. The summed E-state index contributed by atoms with van der Waals surface area (Å²) in [5, 5.41) is 2.87. The molecule has 1 aromatic rings. The maximum Gasteiger partial charge on any atom is 0.243 e. The molecule has 1 amide bonds. The van der Waals surface area contributed by atoms with Crippen LogP contribution in [0.25, 0.3) is 0 Å². The molecule has 1 aromatic carbocycles.